The maximum Gasteiger partial charge on any atom is 0.251 e. The molecule has 0 bridgehead atoms. The lowest BCUT2D eigenvalue weighted by Crippen LogP contribution is -2.42. The van der Waals surface area contributed by atoms with Crippen LogP contribution in [0.1, 0.15) is 28.9 Å². The van der Waals surface area contributed by atoms with Crippen molar-refractivity contribution >= 4 is 5.91 Å². The van der Waals surface area contributed by atoms with Crippen molar-refractivity contribution in [2.24, 2.45) is 0 Å². The first-order valence-corrected chi connectivity index (χ1v) is 9.60. The Morgan fingerprint density at radius 1 is 1.21 bits per heavy atom. The summed E-state index contributed by atoms with van der Waals surface area (Å²) in [5.41, 5.74) is 1.39. The van der Waals surface area contributed by atoms with Gasteiger partial charge in [0.15, 0.2) is 0 Å². The van der Waals surface area contributed by atoms with Gasteiger partial charge < -0.3 is 25.2 Å². The van der Waals surface area contributed by atoms with Crippen LogP contribution >= 0.6 is 0 Å². The average Bonchev–Trinajstić information content (AvgIpc) is 2.74. The van der Waals surface area contributed by atoms with Gasteiger partial charge >= 0.3 is 0 Å². The number of likely N-dealkylation sites (tertiary alicyclic amines) is 1. The molecular weight excluding hydrogens is 358 g/mol. The molecule has 0 saturated carbocycles. The third-order valence-corrected chi connectivity index (χ3v) is 4.79. The quantitative estimate of drug-likeness (QED) is 0.632. The highest BCUT2D eigenvalue weighted by molar-refractivity contribution is 5.94. The molecule has 2 heterocycles. The first-order valence-electron chi connectivity index (χ1n) is 9.60. The number of benzene rings is 1. The molecule has 7 nitrogen and oxygen atoms in total. The summed E-state index contributed by atoms with van der Waals surface area (Å²) in [6.45, 7) is 2.33. The van der Waals surface area contributed by atoms with Gasteiger partial charge in [0.1, 0.15) is 11.9 Å². The second-order valence-electron chi connectivity index (χ2n) is 6.98. The Morgan fingerprint density at radius 2 is 1.96 bits per heavy atom. The van der Waals surface area contributed by atoms with Gasteiger partial charge in [-0.15, -0.1) is 0 Å². The van der Waals surface area contributed by atoms with Crippen molar-refractivity contribution in [3.05, 3.63) is 59.9 Å². The molecule has 1 aromatic heterocycles. The lowest BCUT2D eigenvalue weighted by molar-refractivity contribution is 0.0346. The maximum atomic E-state index is 12.2. The Kier molecular flexibility index (Phi) is 7.36. The van der Waals surface area contributed by atoms with Gasteiger partial charge in [0.2, 0.25) is 0 Å². The number of pyridine rings is 1. The highest BCUT2D eigenvalue weighted by Crippen LogP contribution is 2.20. The Hall–Kier alpha value is -2.48. The third kappa shape index (κ3) is 6.02. The standard InChI is InChI=1S/C21H27N3O4/c25-15-18(26)14-24-11-8-20(9-12-24)28-19-6-4-16(5-7-19)21(27)23-13-17-3-1-2-10-22-17/h1-7,10,18,20,25-26H,8-9,11-15H2,(H,23,27). The summed E-state index contributed by atoms with van der Waals surface area (Å²) in [7, 11) is 0. The fourth-order valence-electron chi connectivity index (χ4n) is 3.22. The smallest absolute Gasteiger partial charge is 0.251 e. The minimum Gasteiger partial charge on any atom is -0.490 e. The number of rotatable bonds is 8. The molecule has 150 valence electrons. The number of ether oxygens (including phenoxy) is 1. The van der Waals surface area contributed by atoms with Crippen LogP contribution in [0.5, 0.6) is 5.75 Å². The van der Waals surface area contributed by atoms with Gasteiger partial charge in [-0.1, -0.05) is 6.07 Å². The van der Waals surface area contributed by atoms with Crippen molar-refractivity contribution in [3.8, 4) is 5.75 Å². The molecule has 1 unspecified atom stereocenters. The fourth-order valence-corrected chi connectivity index (χ4v) is 3.22. The molecule has 1 aromatic carbocycles. The Morgan fingerprint density at radius 3 is 2.61 bits per heavy atom. The maximum absolute atomic E-state index is 12.2. The first-order chi connectivity index (χ1) is 13.6. The molecule has 28 heavy (non-hydrogen) atoms. The molecule has 1 aliphatic heterocycles. The van der Waals surface area contributed by atoms with Gasteiger partial charge in [0, 0.05) is 31.4 Å². The van der Waals surface area contributed by atoms with E-state index in [-0.39, 0.29) is 18.6 Å². The van der Waals surface area contributed by atoms with E-state index in [1.54, 1.807) is 18.3 Å². The highest BCUT2D eigenvalue weighted by atomic mass is 16.5. The van der Waals surface area contributed by atoms with Gasteiger partial charge in [-0.2, -0.15) is 0 Å². The molecule has 7 heteroatoms. The zero-order chi connectivity index (χ0) is 19.8. The lowest BCUT2D eigenvalue weighted by atomic mass is 10.1. The lowest BCUT2D eigenvalue weighted by Gasteiger charge is -2.33. The summed E-state index contributed by atoms with van der Waals surface area (Å²) in [6.07, 6.45) is 2.86. The third-order valence-electron chi connectivity index (χ3n) is 4.79. The van der Waals surface area contributed by atoms with E-state index in [0.29, 0.717) is 18.7 Å². The van der Waals surface area contributed by atoms with Crippen LogP contribution in [0.4, 0.5) is 0 Å². The highest BCUT2D eigenvalue weighted by Gasteiger charge is 2.22. The minimum absolute atomic E-state index is 0.117. The predicted octanol–water partition coefficient (Wildman–Crippen LogP) is 1.21. The van der Waals surface area contributed by atoms with Crippen molar-refractivity contribution in [3.63, 3.8) is 0 Å². The second kappa shape index (κ2) is 10.2. The van der Waals surface area contributed by atoms with E-state index in [1.165, 1.54) is 0 Å². The van der Waals surface area contributed by atoms with Crippen LogP contribution in [0.15, 0.2) is 48.7 Å². The minimum atomic E-state index is -0.686. The fraction of sp³-hybridized carbons (Fsp3) is 0.429. The SMILES string of the molecule is O=C(NCc1ccccn1)c1ccc(OC2CCN(CC(O)CO)CC2)cc1. The molecular formula is C21H27N3O4. The van der Waals surface area contributed by atoms with E-state index in [1.807, 2.05) is 30.3 Å². The van der Waals surface area contributed by atoms with E-state index >= 15 is 0 Å². The molecule has 1 aliphatic rings. The number of aliphatic hydroxyl groups is 2. The number of piperidine rings is 1. The number of aromatic nitrogens is 1. The van der Waals surface area contributed by atoms with Crippen molar-refractivity contribution in [2.75, 3.05) is 26.2 Å². The number of nitrogens with zero attached hydrogens (tertiary/aromatic N) is 2. The van der Waals surface area contributed by atoms with Crippen LogP contribution < -0.4 is 10.1 Å². The number of nitrogens with one attached hydrogen (secondary N) is 1. The number of carbonyl (C=O) groups is 1. The van der Waals surface area contributed by atoms with E-state index in [4.69, 9.17) is 9.84 Å². The molecule has 1 saturated heterocycles. The summed E-state index contributed by atoms with van der Waals surface area (Å²) in [6, 6.07) is 12.8. The van der Waals surface area contributed by atoms with Gasteiger partial charge in [-0.3, -0.25) is 9.78 Å². The number of carbonyl (C=O) groups excluding carboxylic acids is 1. The van der Waals surface area contributed by atoms with Gasteiger partial charge in [-0.05, 0) is 49.2 Å². The summed E-state index contributed by atoms with van der Waals surface area (Å²) >= 11 is 0. The summed E-state index contributed by atoms with van der Waals surface area (Å²) in [4.78, 5) is 18.6. The van der Waals surface area contributed by atoms with Crippen LogP contribution in [-0.2, 0) is 6.54 Å². The first kappa shape index (κ1) is 20.3. The molecule has 0 aliphatic carbocycles. The molecule has 2 aromatic rings. The van der Waals surface area contributed by atoms with Crippen LogP contribution in [0.25, 0.3) is 0 Å². The topological polar surface area (TPSA) is 94.9 Å². The van der Waals surface area contributed by atoms with Gasteiger partial charge in [0.05, 0.1) is 24.9 Å². The summed E-state index contributed by atoms with van der Waals surface area (Å²) < 4.78 is 6.02. The Balaban J connectivity index is 1.44. The molecule has 0 spiro atoms. The van der Waals surface area contributed by atoms with E-state index in [2.05, 4.69) is 15.2 Å². The van der Waals surface area contributed by atoms with Crippen LogP contribution in [0.3, 0.4) is 0 Å². The molecule has 3 rings (SSSR count). The molecule has 1 fully saturated rings. The second-order valence-corrected chi connectivity index (χ2v) is 6.98. The molecule has 0 radical (unpaired) electrons. The predicted molar refractivity (Wildman–Crippen MR) is 105 cm³/mol. The molecule has 1 amide bonds. The normalized spacial score (nSPS) is 16.5. The van der Waals surface area contributed by atoms with Crippen LogP contribution in [0, 0.1) is 0 Å². The van der Waals surface area contributed by atoms with Crippen LogP contribution in [-0.4, -0.2) is 64.5 Å². The van der Waals surface area contributed by atoms with Crippen molar-refractivity contribution < 1.29 is 19.7 Å². The van der Waals surface area contributed by atoms with Gasteiger partial charge in [0.25, 0.3) is 5.91 Å². The molecule has 3 N–H and O–H groups in total. The zero-order valence-corrected chi connectivity index (χ0v) is 15.8. The largest absolute Gasteiger partial charge is 0.490 e. The van der Waals surface area contributed by atoms with Crippen molar-refractivity contribution in [2.45, 2.75) is 31.6 Å². The number of β-amino-alcohol motifs (C(OH)–C–C–N with tert-alkyl or cyclic N) is 1. The molecule has 1 atom stereocenters. The van der Waals surface area contributed by atoms with E-state index < -0.39 is 6.10 Å². The number of hydrogen-bond donors (Lipinski definition) is 3. The van der Waals surface area contributed by atoms with Crippen molar-refractivity contribution in [1.29, 1.82) is 0 Å². The number of aliphatic hydroxyl groups excluding tert-OH is 2. The Labute approximate surface area is 165 Å². The Bertz CT molecular complexity index is 731. The summed E-state index contributed by atoms with van der Waals surface area (Å²) in [5, 5.41) is 21.3. The van der Waals surface area contributed by atoms with E-state index in [0.717, 1.165) is 37.4 Å². The number of amides is 1. The van der Waals surface area contributed by atoms with E-state index in [9.17, 15) is 9.90 Å². The number of hydrogen-bond acceptors (Lipinski definition) is 6. The zero-order valence-electron chi connectivity index (χ0n) is 15.8. The average molecular weight is 385 g/mol. The van der Waals surface area contributed by atoms with Gasteiger partial charge in [-0.25, -0.2) is 0 Å². The van der Waals surface area contributed by atoms with Crippen molar-refractivity contribution in [1.82, 2.24) is 15.2 Å². The monoisotopic (exact) mass is 385 g/mol. The van der Waals surface area contributed by atoms with Crippen LogP contribution in [0.2, 0.25) is 0 Å². The summed E-state index contributed by atoms with van der Waals surface area (Å²) in [5.74, 6) is 0.600.